The molecule has 4 fully saturated rings. The molecule has 0 spiro atoms. The van der Waals surface area contributed by atoms with Crippen LogP contribution in [0.3, 0.4) is 0 Å². The van der Waals surface area contributed by atoms with Crippen LogP contribution in [0.15, 0.2) is 24.3 Å². The Balaban J connectivity index is 1.53. The van der Waals surface area contributed by atoms with Crippen molar-refractivity contribution < 1.29 is 24.6 Å². The molecule has 2 unspecified atom stereocenters. The van der Waals surface area contributed by atoms with Gasteiger partial charge in [-0.15, -0.1) is 0 Å². The molecule has 0 radical (unpaired) electrons. The number of hydroxylamine groups is 2. The predicted molar refractivity (Wildman–Crippen MR) is 128 cm³/mol. The topological polar surface area (TPSA) is 111 Å². The molecule has 8 heteroatoms. The summed E-state index contributed by atoms with van der Waals surface area (Å²) >= 11 is 0. The summed E-state index contributed by atoms with van der Waals surface area (Å²) in [5.74, 6) is 0.701. The number of anilines is 1. The van der Waals surface area contributed by atoms with Gasteiger partial charge in [-0.05, 0) is 60.6 Å². The number of nitrogens with one attached hydrogen (secondary N) is 2. The van der Waals surface area contributed by atoms with E-state index in [0.29, 0.717) is 28.9 Å². The molecule has 2 amide bonds. The summed E-state index contributed by atoms with van der Waals surface area (Å²) < 4.78 is 0. The molecule has 34 heavy (non-hydrogen) atoms. The van der Waals surface area contributed by atoms with Crippen molar-refractivity contribution in [2.75, 3.05) is 11.9 Å². The second-order valence-corrected chi connectivity index (χ2v) is 11.1. The molecule has 3 saturated carbocycles. The number of rotatable bonds is 7. The molecular weight excluding hydrogens is 434 g/mol. The third-order valence-electron chi connectivity index (χ3n) is 8.65. The summed E-state index contributed by atoms with van der Waals surface area (Å²) in [5.41, 5.74) is 1.83. The minimum absolute atomic E-state index is 0.0945. The molecule has 3 aliphatic carbocycles. The minimum Gasteiger partial charge on any atom is -0.394 e. The first-order valence-electron chi connectivity index (χ1n) is 12.4. The van der Waals surface area contributed by atoms with E-state index in [1.54, 1.807) is 18.1 Å². The summed E-state index contributed by atoms with van der Waals surface area (Å²) in [6.45, 7) is 9.97. The largest absolute Gasteiger partial charge is 0.394 e. The Morgan fingerprint density at radius 3 is 2.62 bits per heavy atom. The zero-order valence-corrected chi connectivity index (χ0v) is 20.8. The highest BCUT2D eigenvalue weighted by Crippen LogP contribution is 2.61. The monoisotopic (exact) mass is 473 g/mol. The lowest BCUT2D eigenvalue weighted by Gasteiger charge is -2.62. The van der Waals surface area contributed by atoms with E-state index in [1.165, 1.54) is 13.3 Å². The molecule has 2 bridgehead atoms. The smallest absolute Gasteiger partial charge is 0.240 e. The van der Waals surface area contributed by atoms with E-state index < -0.39 is 24.2 Å². The highest BCUT2D eigenvalue weighted by molar-refractivity contribution is 5.88. The lowest BCUT2D eigenvalue weighted by Crippen LogP contribution is -2.62. The summed E-state index contributed by atoms with van der Waals surface area (Å²) in [6, 6.07) is 6.72. The second-order valence-electron chi connectivity index (χ2n) is 11.1. The average molecular weight is 474 g/mol. The third-order valence-corrected chi connectivity index (χ3v) is 8.65. The summed E-state index contributed by atoms with van der Waals surface area (Å²) in [7, 11) is 0. The average Bonchev–Trinajstić information content (AvgIpc) is 3.13. The van der Waals surface area contributed by atoms with Crippen molar-refractivity contribution in [3.63, 3.8) is 0 Å². The lowest BCUT2D eigenvalue weighted by atomic mass is 9.45. The van der Waals surface area contributed by atoms with E-state index >= 15 is 0 Å². The van der Waals surface area contributed by atoms with Gasteiger partial charge in [0.1, 0.15) is 12.1 Å². The Labute approximate surface area is 202 Å². The first-order valence-corrected chi connectivity index (χ1v) is 12.4. The molecular formula is C26H39N3O5. The number of hydrogen-bond acceptors (Lipinski definition) is 6. The van der Waals surface area contributed by atoms with E-state index in [2.05, 4.69) is 31.4 Å². The molecule has 8 nitrogen and oxygen atoms in total. The molecule has 188 valence electrons. The molecule has 5 rings (SSSR count). The van der Waals surface area contributed by atoms with E-state index in [9.17, 15) is 19.8 Å². The van der Waals surface area contributed by atoms with Gasteiger partial charge in [-0.3, -0.25) is 14.4 Å². The summed E-state index contributed by atoms with van der Waals surface area (Å²) in [5, 5.41) is 28.1. The second kappa shape index (κ2) is 9.57. The Hall–Kier alpha value is -2.00. The number of carbonyl (C=O) groups excluding carboxylic acids is 2. The van der Waals surface area contributed by atoms with Gasteiger partial charge in [0.05, 0.1) is 19.3 Å². The van der Waals surface area contributed by atoms with Crippen LogP contribution in [-0.2, 0) is 21.0 Å². The first-order chi connectivity index (χ1) is 16.0. The van der Waals surface area contributed by atoms with Gasteiger partial charge in [0.15, 0.2) is 0 Å². The van der Waals surface area contributed by atoms with Crippen molar-refractivity contribution in [3.05, 3.63) is 29.8 Å². The number of carbonyl (C=O) groups is 2. The molecule has 1 saturated heterocycles. The number of fused-ring (bicyclic) bond motifs is 2. The molecule has 4 aliphatic rings. The maximum absolute atomic E-state index is 13.6. The third kappa shape index (κ3) is 4.61. The van der Waals surface area contributed by atoms with E-state index in [1.807, 2.05) is 18.2 Å². The van der Waals surface area contributed by atoms with Crippen LogP contribution in [0.4, 0.5) is 5.69 Å². The standard InChI is InChI=1S/C26H39N3O5/c1-14-20-10-18(26(20,4)5)11-21(14)28-25(33)24-23(15(2)31)22(13-30)34-29(24)12-17-7-6-8-19(9-17)27-16(3)32/h6-9,14-15,18,20-24,30-31H,10-13H2,1-5H3,(H,27,32)(H,28,33)/t14-,15-,18+,20?,21?,22-,23+,24-/m0/s1. The van der Waals surface area contributed by atoms with Crippen LogP contribution in [0.1, 0.15) is 53.0 Å². The van der Waals surface area contributed by atoms with Gasteiger partial charge in [0.2, 0.25) is 11.8 Å². The summed E-state index contributed by atoms with van der Waals surface area (Å²) in [4.78, 5) is 31.1. The molecule has 1 aromatic carbocycles. The van der Waals surface area contributed by atoms with Gasteiger partial charge in [-0.2, -0.15) is 5.06 Å². The van der Waals surface area contributed by atoms with Crippen LogP contribution in [0.5, 0.6) is 0 Å². The van der Waals surface area contributed by atoms with Gasteiger partial charge < -0.3 is 20.8 Å². The van der Waals surface area contributed by atoms with Crippen LogP contribution in [0, 0.1) is 29.1 Å². The van der Waals surface area contributed by atoms with Gasteiger partial charge in [0.25, 0.3) is 0 Å². The normalized spacial score (nSPS) is 35.3. The highest BCUT2D eigenvalue weighted by atomic mass is 16.7. The number of aliphatic hydroxyl groups is 2. The van der Waals surface area contributed by atoms with E-state index in [4.69, 9.17) is 4.84 Å². The number of nitrogens with zero attached hydrogens (tertiary/aromatic N) is 1. The Kier molecular flexibility index (Phi) is 7.06. The van der Waals surface area contributed by atoms with Crippen molar-refractivity contribution in [1.29, 1.82) is 0 Å². The number of hydrogen-bond donors (Lipinski definition) is 4. The fourth-order valence-corrected chi connectivity index (χ4v) is 6.61. The van der Waals surface area contributed by atoms with Crippen molar-refractivity contribution in [2.24, 2.45) is 29.1 Å². The molecule has 0 aromatic heterocycles. The van der Waals surface area contributed by atoms with Crippen LogP contribution >= 0.6 is 0 Å². The summed E-state index contributed by atoms with van der Waals surface area (Å²) in [6.07, 6.45) is 0.684. The van der Waals surface area contributed by atoms with Gasteiger partial charge in [-0.25, -0.2) is 0 Å². The number of benzene rings is 1. The van der Waals surface area contributed by atoms with E-state index in [-0.39, 0.29) is 31.0 Å². The maximum atomic E-state index is 13.6. The van der Waals surface area contributed by atoms with Crippen LogP contribution in [0.2, 0.25) is 0 Å². The lowest BCUT2D eigenvalue weighted by molar-refractivity contribution is -0.183. The predicted octanol–water partition coefficient (Wildman–Crippen LogP) is 2.31. The van der Waals surface area contributed by atoms with Gasteiger partial charge in [-0.1, -0.05) is 32.9 Å². The zero-order chi connectivity index (χ0) is 24.8. The van der Waals surface area contributed by atoms with Crippen LogP contribution < -0.4 is 10.6 Å². The van der Waals surface area contributed by atoms with Crippen LogP contribution in [-0.4, -0.2) is 58.0 Å². The maximum Gasteiger partial charge on any atom is 0.240 e. The number of amides is 2. The van der Waals surface area contributed by atoms with Crippen molar-refractivity contribution in [3.8, 4) is 0 Å². The van der Waals surface area contributed by atoms with Crippen molar-refractivity contribution >= 4 is 17.5 Å². The number of aliphatic hydroxyl groups excluding tert-OH is 2. The molecule has 4 N–H and O–H groups in total. The van der Waals surface area contributed by atoms with Gasteiger partial charge >= 0.3 is 0 Å². The molecule has 1 heterocycles. The highest BCUT2D eigenvalue weighted by Gasteiger charge is 2.57. The fraction of sp³-hybridized carbons (Fsp3) is 0.692. The Morgan fingerprint density at radius 1 is 1.29 bits per heavy atom. The quantitative estimate of drug-likeness (QED) is 0.484. The first kappa shape index (κ1) is 25.1. The van der Waals surface area contributed by atoms with E-state index in [0.717, 1.165) is 12.0 Å². The molecule has 8 atom stereocenters. The fourth-order valence-electron chi connectivity index (χ4n) is 6.61. The zero-order valence-electron chi connectivity index (χ0n) is 20.8. The Bertz CT molecular complexity index is 919. The SMILES string of the molecule is CC(=O)Nc1cccc(CN2O[C@@H](CO)[C@@H]([C@H](C)O)[C@H]2C(=O)NC2C[C@H]3CC([C@@H]2C)C3(C)C)c1. The Morgan fingerprint density at radius 2 is 2.03 bits per heavy atom. The van der Waals surface area contributed by atoms with Crippen molar-refractivity contribution in [1.82, 2.24) is 10.4 Å². The van der Waals surface area contributed by atoms with Crippen molar-refractivity contribution in [2.45, 2.75) is 78.3 Å². The van der Waals surface area contributed by atoms with Crippen LogP contribution in [0.25, 0.3) is 0 Å². The minimum atomic E-state index is -0.834. The molecule has 1 aliphatic heterocycles. The molecule has 1 aromatic rings. The van der Waals surface area contributed by atoms with Gasteiger partial charge in [0, 0.05) is 24.6 Å².